The molecule has 0 radical (unpaired) electrons. The molecule has 1 aromatic carbocycles. The molecule has 22 heavy (non-hydrogen) atoms. The lowest BCUT2D eigenvalue weighted by atomic mass is 9.82. The molecule has 1 fully saturated rings. The number of halogens is 1. The number of fused-ring (bicyclic) bond motifs is 6. The van der Waals surface area contributed by atoms with Crippen LogP contribution in [-0.2, 0) is 4.79 Å². The fourth-order valence-electron chi connectivity index (χ4n) is 3.93. The Labute approximate surface area is 134 Å². The van der Waals surface area contributed by atoms with Gasteiger partial charge in [-0.15, -0.1) is 12.4 Å². The second kappa shape index (κ2) is 5.48. The van der Waals surface area contributed by atoms with Gasteiger partial charge in [0.15, 0.2) is 0 Å². The summed E-state index contributed by atoms with van der Waals surface area (Å²) in [6.07, 6.45) is 2.19. The Morgan fingerprint density at radius 1 is 1.45 bits per heavy atom. The number of nitrogens with one attached hydrogen (secondary N) is 1. The third-order valence-electron chi connectivity index (χ3n) is 4.81. The van der Waals surface area contributed by atoms with Crippen molar-refractivity contribution in [2.45, 2.75) is 24.8 Å². The van der Waals surface area contributed by atoms with Crippen LogP contribution in [0.1, 0.15) is 36.1 Å². The van der Waals surface area contributed by atoms with E-state index in [4.69, 9.17) is 4.74 Å². The van der Waals surface area contributed by atoms with Crippen LogP contribution >= 0.6 is 12.4 Å². The van der Waals surface area contributed by atoms with Gasteiger partial charge in [0.05, 0.1) is 7.11 Å². The molecule has 6 heteroatoms. The van der Waals surface area contributed by atoms with Crippen LogP contribution in [0.2, 0.25) is 0 Å². The number of carbonyl (C=O) groups is 1. The number of hydrogen-bond acceptors (Lipinski definition) is 3. The zero-order valence-electron chi connectivity index (χ0n) is 12.3. The third kappa shape index (κ3) is 2.08. The molecule has 0 spiro atoms. The number of piperidine rings is 1. The summed E-state index contributed by atoms with van der Waals surface area (Å²) in [6, 6.07) is 5.36. The molecule has 3 heterocycles. The first kappa shape index (κ1) is 15.2. The van der Waals surface area contributed by atoms with Gasteiger partial charge in [-0.3, -0.25) is 9.69 Å². The van der Waals surface area contributed by atoms with E-state index in [0.717, 1.165) is 48.3 Å². The zero-order chi connectivity index (χ0) is 14.6. The van der Waals surface area contributed by atoms with E-state index in [9.17, 15) is 9.90 Å². The normalized spacial score (nSPS) is 26.1. The number of aliphatic carboxylic acids is 1. The molecule has 1 aromatic heterocycles. The predicted molar refractivity (Wildman–Crippen MR) is 86.0 cm³/mol. The van der Waals surface area contributed by atoms with Crippen molar-refractivity contribution in [1.82, 2.24) is 9.88 Å². The Morgan fingerprint density at radius 2 is 2.27 bits per heavy atom. The maximum absolute atomic E-state index is 11.7. The van der Waals surface area contributed by atoms with E-state index < -0.39 is 12.0 Å². The Kier molecular flexibility index (Phi) is 3.78. The lowest BCUT2D eigenvalue weighted by molar-refractivity contribution is -0.144. The number of hydrogen-bond donors (Lipinski definition) is 2. The Balaban J connectivity index is 0.00000144. The fourth-order valence-corrected chi connectivity index (χ4v) is 3.93. The number of carboxylic acid groups (broad SMARTS) is 1. The van der Waals surface area contributed by atoms with Crippen molar-refractivity contribution in [3.8, 4) is 5.75 Å². The van der Waals surface area contributed by atoms with Crippen molar-refractivity contribution in [3.05, 3.63) is 29.5 Å². The molecule has 3 atom stereocenters. The van der Waals surface area contributed by atoms with Crippen molar-refractivity contribution in [3.63, 3.8) is 0 Å². The van der Waals surface area contributed by atoms with Crippen LogP contribution in [0.4, 0.5) is 0 Å². The van der Waals surface area contributed by atoms with E-state index in [1.807, 2.05) is 18.2 Å². The van der Waals surface area contributed by atoms with Crippen LogP contribution < -0.4 is 4.74 Å². The molecule has 2 N–H and O–H groups in total. The topological polar surface area (TPSA) is 65.6 Å². The minimum Gasteiger partial charge on any atom is -0.497 e. The highest BCUT2D eigenvalue weighted by atomic mass is 35.5. The average Bonchev–Trinajstić information content (AvgIpc) is 2.85. The number of H-pyrrole nitrogens is 1. The molecule has 0 aliphatic carbocycles. The zero-order valence-corrected chi connectivity index (χ0v) is 13.2. The summed E-state index contributed by atoms with van der Waals surface area (Å²) in [5.74, 6) is 0.467. The summed E-state index contributed by atoms with van der Waals surface area (Å²) >= 11 is 0. The molecule has 4 rings (SSSR count). The number of ether oxygens (including phenoxy) is 1. The highest BCUT2D eigenvalue weighted by Crippen LogP contribution is 2.45. The Hall–Kier alpha value is -1.72. The number of aromatic amines is 1. The summed E-state index contributed by atoms with van der Waals surface area (Å²) in [5, 5.41) is 10.7. The monoisotopic (exact) mass is 322 g/mol. The average molecular weight is 323 g/mol. The largest absolute Gasteiger partial charge is 0.497 e. The first-order valence-corrected chi connectivity index (χ1v) is 7.35. The second-order valence-electron chi connectivity index (χ2n) is 5.94. The SMILES string of the molecule is COc1ccc2[nH]c3c(c2c1)[C@H]1CCCN(C1)[C@@H]3C(=O)O.Cl. The number of aromatic nitrogens is 1. The predicted octanol–water partition coefficient (Wildman–Crippen LogP) is 2.92. The first-order chi connectivity index (χ1) is 10.2. The van der Waals surface area contributed by atoms with Crippen LogP contribution in [0.25, 0.3) is 10.9 Å². The quantitative estimate of drug-likeness (QED) is 0.892. The number of rotatable bonds is 2. The van der Waals surface area contributed by atoms with Gasteiger partial charge in [-0.2, -0.15) is 0 Å². The molecule has 2 bridgehead atoms. The highest BCUT2D eigenvalue weighted by molar-refractivity contribution is 5.90. The first-order valence-electron chi connectivity index (χ1n) is 7.35. The van der Waals surface area contributed by atoms with Crippen molar-refractivity contribution in [2.75, 3.05) is 20.2 Å². The van der Waals surface area contributed by atoms with Crippen LogP contribution in [-0.4, -0.2) is 41.2 Å². The van der Waals surface area contributed by atoms with Crippen molar-refractivity contribution < 1.29 is 14.6 Å². The highest BCUT2D eigenvalue weighted by Gasteiger charge is 2.41. The lowest BCUT2D eigenvalue weighted by Crippen LogP contribution is -2.44. The van der Waals surface area contributed by atoms with Crippen molar-refractivity contribution >= 4 is 29.3 Å². The molecule has 2 aromatic rings. The van der Waals surface area contributed by atoms with Gasteiger partial charge in [0.1, 0.15) is 11.8 Å². The molecule has 118 valence electrons. The summed E-state index contributed by atoms with van der Waals surface area (Å²) in [4.78, 5) is 17.2. The maximum atomic E-state index is 11.7. The molecule has 1 unspecified atom stereocenters. The smallest absolute Gasteiger partial charge is 0.327 e. The van der Waals surface area contributed by atoms with E-state index in [1.54, 1.807) is 7.11 Å². The van der Waals surface area contributed by atoms with Gasteiger partial charge in [-0.05, 0) is 49.1 Å². The van der Waals surface area contributed by atoms with Crippen LogP contribution in [0, 0.1) is 0 Å². The van der Waals surface area contributed by atoms with Gasteiger partial charge in [0.2, 0.25) is 0 Å². The number of nitrogens with zero attached hydrogens (tertiary/aromatic N) is 1. The summed E-state index contributed by atoms with van der Waals surface area (Å²) < 4.78 is 5.32. The number of methoxy groups -OCH3 is 1. The molecular formula is C16H19ClN2O3. The van der Waals surface area contributed by atoms with Crippen LogP contribution in [0.15, 0.2) is 18.2 Å². The third-order valence-corrected chi connectivity index (χ3v) is 4.81. The van der Waals surface area contributed by atoms with Crippen LogP contribution in [0.5, 0.6) is 5.75 Å². The van der Waals surface area contributed by atoms with Gasteiger partial charge in [-0.25, -0.2) is 0 Å². The van der Waals surface area contributed by atoms with Gasteiger partial charge in [0, 0.05) is 23.1 Å². The molecule has 1 saturated heterocycles. The summed E-state index contributed by atoms with van der Waals surface area (Å²) in [5.41, 5.74) is 3.05. The molecule has 5 nitrogen and oxygen atoms in total. The summed E-state index contributed by atoms with van der Waals surface area (Å²) in [7, 11) is 1.66. The number of benzene rings is 1. The Morgan fingerprint density at radius 3 is 3.00 bits per heavy atom. The van der Waals surface area contributed by atoms with Crippen LogP contribution in [0.3, 0.4) is 0 Å². The van der Waals surface area contributed by atoms with Crippen molar-refractivity contribution in [1.29, 1.82) is 0 Å². The fraction of sp³-hybridized carbons (Fsp3) is 0.438. The van der Waals surface area contributed by atoms with Gasteiger partial charge >= 0.3 is 5.97 Å². The molecular weight excluding hydrogens is 304 g/mol. The van der Waals surface area contributed by atoms with E-state index >= 15 is 0 Å². The molecule has 2 aliphatic heterocycles. The van der Waals surface area contributed by atoms with E-state index in [0.29, 0.717) is 5.92 Å². The minimum atomic E-state index is -0.768. The Bertz CT molecular complexity index is 727. The van der Waals surface area contributed by atoms with Gasteiger partial charge in [0.25, 0.3) is 0 Å². The lowest BCUT2D eigenvalue weighted by Gasteiger charge is -2.41. The molecule has 2 aliphatic rings. The number of carboxylic acids is 1. The standard InChI is InChI=1S/C16H18N2O3.ClH/c1-21-10-4-5-12-11(7-10)13-9-3-2-6-18(8-9)15(16(19)20)14(13)17-12;/h4-5,7,9,15,17H,2-3,6,8H2,1H3,(H,19,20);1H/t9-,15-;/m0./s1. The minimum absolute atomic E-state index is 0. The molecule has 0 saturated carbocycles. The maximum Gasteiger partial charge on any atom is 0.327 e. The summed E-state index contributed by atoms with van der Waals surface area (Å²) in [6.45, 7) is 1.71. The second-order valence-corrected chi connectivity index (χ2v) is 5.94. The van der Waals surface area contributed by atoms with E-state index in [-0.39, 0.29) is 12.4 Å². The van der Waals surface area contributed by atoms with Crippen molar-refractivity contribution in [2.24, 2.45) is 0 Å². The molecule has 0 amide bonds. The van der Waals surface area contributed by atoms with Gasteiger partial charge < -0.3 is 14.8 Å². The van der Waals surface area contributed by atoms with E-state index in [1.165, 1.54) is 5.56 Å². The van der Waals surface area contributed by atoms with Gasteiger partial charge in [-0.1, -0.05) is 0 Å². The van der Waals surface area contributed by atoms with E-state index in [2.05, 4.69) is 9.88 Å².